The number of rotatable bonds is 3. The fourth-order valence-electron chi connectivity index (χ4n) is 0.870. The summed E-state index contributed by atoms with van der Waals surface area (Å²) in [6.07, 6.45) is 5.01. The molecule has 1 rings (SSSR count). The summed E-state index contributed by atoms with van der Waals surface area (Å²) >= 11 is 0. The first kappa shape index (κ1) is 10.2. The van der Waals surface area contributed by atoms with Crippen molar-refractivity contribution in [2.45, 2.75) is 0 Å². The van der Waals surface area contributed by atoms with Gasteiger partial charge in [0.25, 0.3) is 0 Å². The van der Waals surface area contributed by atoms with Crippen LogP contribution in [0.1, 0.15) is 5.56 Å². The van der Waals surface area contributed by atoms with E-state index >= 15 is 0 Å². The third kappa shape index (κ3) is 3.23. The lowest BCUT2D eigenvalue weighted by Crippen LogP contribution is -1.98. The molecule has 0 aliphatic carbocycles. The third-order valence-electron chi connectivity index (χ3n) is 1.48. The fourth-order valence-corrected chi connectivity index (χ4v) is 0.870. The Labute approximate surface area is 83.8 Å². The molecular weight excluding hydrogens is 176 g/mol. The van der Waals surface area contributed by atoms with Gasteiger partial charge in [-0.05, 0) is 36.1 Å². The zero-order chi connectivity index (χ0) is 10.2. The Morgan fingerprint density at radius 2 is 2.00 bits per heavy atom. The molecule has 0 spiro atoms. The summed E-state index contributed by atoms with van der Waals surface area (Å²) in [5.74, 6) is 8.35. The van der Waals surface area contributed by atoms with Crippen LogP contribution in [0.2, 0.25) is 0 Å². The van der Waals surface area contributed by atoms with Crippen molar-refractivity contribution in [1.82, 2.24) is 0 Å². The zero-order valence-corrected chi connectivity index (χ0v) is 7.91. The maximum atomic E-state index is 5.20. The van der Waals surface area contributed by atoms with E-state index in [1.54, 1.807) is 7.11 Å². The molecule has 70 valence electrons. The molecule has 1 aromatic carbocycles. The minimum atomic E-state index is 0.245. The molecule has 2 nitrogen and oxygen atoms in total. The highest BCUT2D eigenvalue weighted by Crippen LogP contribution is 2.11. The molecule has 0 atom stereocenters. The van der Waals surface area contributed by atoms with Crippen LogP contribution in [0.25, 0.3) is 0 Å². The second-order valence-electron chi connectivity index (χ2n) is 2.47. The van der Waals surface area contributed by atoms with Gasteiger partial charge < -0.3 is 9.47 Å². The number of terminal acetylenes is 1. The Balaban J connectivity index is 2.65. The van der Waals surface area contributed by atoms with Gasteiger partial charge in [0, 0.05) is 12.7 Å². The summed E-state index contributed by atoms with van der Waals surface area (Å²) in [6, 6.07) is 7.32. The summed E-state index contributed by atoms with van der Waals surface area (Å²) < 4.78 is 9.97. The minimum absolute atomic E-state index is 0.245. The smallest absolute Gasteiger partial charge is 0.188 e. The first-order valence-corrected chi connectivity index (χ1v) is 4.05. The molecule has 0 aromatic heterocycles. The normalized spacial score (nSPS) is 8.29. The Morgan fingerprint density at radius 3 is 2.57 bits per heavy atom. The van der Waals surface area contributed by atoms with E-state index in [1.807, 2.05) is 24.3 Å². The van der Waals surface area contributed by atoms with Crippen LogP contribution in [0, 0.1) is 24.2 Å². The van der Waals surface area contributed by atoms with Gasteiger partial charge in [0.1, 0.15) is 5.75 Å². The van der Waals surface area contributed by atoms with Gasteiger partial charge in [0.05, 0.1) is 0 Å². The molecule has 0 unspecified atom stereocenters. The molecule has 0 aliphatic heterocycles. The van der Waals surface area contributed by atoms with Crippen molar-refractivity contribution in [3.63, 3.8) is 0 Å². The van der Waals surface area contributed by atoms with E-state index in [0.29, 0.717) is 0 Å². The minimum Gasteiger partial charge on any atom is -0.468 e. The molecule has 0 radical (unpaired) electrons. The second kappa shape index (κ2) is 5.70. The lowest BCUT2D eigenvalue weighted by molar-refractivity contribution is 0.0511. The molecule has 0 saturated heterocycles. The van der Waals surface area contributed by atoms with Crippen LogP contribution in [0.15, 0.2) is 24.3 Å². The van der Waals surface area contributed by atoms with Crippen LogP contribution >= 0.6 is 0 Å². The molecule has 0 fully saturated rings. The van der Waals surface area contributed by atoms with Crippen LogP contribution in [0.3, 0.4) is 0 Å². The Bertz CT molecular complexity index is 374. The number of benzene rings is 1. The highest BCUT2D eigenvalue weighted by molar-refractivity contribution is 5.41. The fraction of sp³-hybridized carbons (Fsp3) is 0.167. The highest BCUT2D eigenvalue weighted by atomic mass is 16.7. The van der Waals surface area contributed by atoms with Gasteiger partial charge in [0.2, 0.25) is 0 Å². The quantitative estimate of drug-likeness (QED) is 0.528. The molecule has 0 heterocycles. The Kier molecular flexibility index (Phi) is 4.14. The van der Waals surface area contributed by atoms with Crippen molar-refractivity contribution in [3.8, 4) is 29.9 Å². The summed E-state index contributed by atoms with van der Waals surface area (Å²) in [6.45, 7) is 0.245. The molecule has 0 amide bonds. The highest BCUT2D eigenvalue weighted by Gasteiger charge is 1.91. The van der Waals surface area contributed by atoms with Crippen LogP contribution in [0.5, 0.6) is 5.75 Å². The Hall–Kier alpha value is -1.90. The van der Waals surface area contributed by atoms with Crippen LogP contribution in [0.4, 0.5) is 0 Å². The van der Waals surface area contributed by atoms with E-state index in [0.717, 1.165) is 11.3 Å². The van der Waals surface area contributed by atoms with E-state index in [1.165, 1.54) is 0 Å². The van der Waals surface area contributed by atoms with Gasteiger partial charge >= 0.3 is 0 Å². The molecule has 2 heteroatoms. The SMILES string of the molecule is C#CC#Cc1ccc(OCOC)cc1. The van der Waals surface area contributed by atoms with Crippen LogP contribution < -0.4 is 4.74 Å². The Morgan fingerprint density at radius 1 is 1.29 bits per heavy atom. The molecule has 0 N–H and O–H groups in total. The van der Waals surface area contributed by atoms with Crippen molar-refractivity contribution >= 4 is 0 Å². The molecule has 0 aliphatic rings. The topological polar surface area (TPSA) is 18.5 Å². The van der Waals surface area contributed by atoms with Crippen molar-refractivity contribution in [1.29, 1.82) is 0 Å². The van der Waals surface area contributed by atoms with Gasteiger partial charge in [-0.2, -0.15) is 0 Å². The molecular formula is C12H10O2. The first-order valence-electron chi connectivity index (χ1n) is 4.05. The van der Waals surface area contributed by atoms with Crippen molar-refractivity contribution in [3.05, 3.63) is 29.8 Å². The van der Waals surface area contributed by atoms with E-state index in [-0.39, 0.29) is 6.79 Å². The summed E-state index contributed by atoms with van der Waals surface area (Å²) in [7, 11) is 1.58. The number of hydrogen-bond donors (Lipinski definition) is 0. The summed E-state index contributed by atoms with van der Waals surface area (Å²) in [5.41, 5.74) is 0.868. The van der Waals surface area contributed by atoms with E-state index < -0.39 is 0 Å². The standard InChI is InChI=1S/C12H10O2/c1-3-4-5-11-6-8-12(9-7-11)14-10-13-2/h1,6-9H,10H2,2H3. The average Bonchev–Trinajstić information content (AvgIpc) is 2.25. The van der Waals surface area contributed by atoms with E-state index in [4.69, 9.17) is 15.9 Å². The maximum Gasteiger partial charge on any atom is 0.188 e. The van der Waals surface area contributed by atoms with Gasteiger partial charge in [-0.15, -0.1) is 6.42 Å². The molecule has 14 heavy (non-hydrogen) atoms. The van der Waals surface area contributed by atoms with E-state index in [2.05, 4.69) is 17.8 Å². The molecule has 0 saturated carbocycles. The van der Waals surface area contributed by atoms with Gasteiger partial charge in [0.15, 0.2) is 6.79 Å². The second-order valence-corrected chi connectivity index (χ2v) is 2.47. The monoisotopic (exact) mass is 186 g/mol. The van der Waals surface area contributed by atoms with E-state index in [9.17, 15) is 0 Å². The molecule has 0 bridgehead atoms. The predicted octanol–water partition coefficient (Wildman–Crippen LogP) is 1.65. The van der Waals surface area contributed by atoms with Gasteiger partial charge in [-0.3, -0.25) is 0 Å². The zero-order valence-electron chi connectivity index (χ0n) is 7.91. The lowest BCUT2D eigenvalue weighted by atomic mass is 10.2. The van der Waals surface area contributed by atoms with Crippen molar-refractivity contribution in [2.75, 3.05) is 13.9 Å². The third-order valence-corrected chi connectivity index (χ3v) is 1.48. The van der Waals surface area contributed by atoms with Gasteiger partial charge in [-0.25, -0.2) is 0 Å². The van der Waals surface area contributed by atoms with Gasteiger partial charge in [-0.1, -0.05) is 5.92 Å². The molecule has 1 aromatic rings. The van der Waals surface area contributed by atoms with Crippen LogP contribution in [-0.4, -0.2) is 13.9 Å². The average molecular weight is 186 g/mol. The largest absolute Gasteiger partial charge is 0.468 e. The van der Waals surface area contributed by atoms with Crippen molar-refractivity contribution in [2.24, 2.45) is 0 Å². The lowest BCUT2D eigenvalue weighted by Gasteiger charge is -2.03. The first-order chi connectivity index (χ1) is 6.86. The number of ether oxygens (including phenoxy) is 2. The summed E-state index contributed by atoms with van der Waals surface area (Å²) in [5, 5.41) is 0. The number of hydrogen-bond acceptors (Lipinski definition) is 2. The maximum absolute atomic E-state index is 5.20. The van der Waals surface area contributed by atoms with Crippen LogP contribution in [-0.2, 0) is 4.74 Å². The predicted molar refractivity (Wildman–Crippen MR) is 54.7 cm³/mol. The summed E-state index contributed by atoms with van der Waals surface area (Å²) in [4.78, 5) is 0. The van der Waals surface area contributed by atoms with Crippen molar-refractivity contribution < 1.29 is 9.47 Å². The number of methoxy groups -OCH3 is 1.